The van der Waals surface area contributed by atoms with E-state index >= 15 is 0 Å². The summed E-state index contributed by atoms with van der Waals surface area (Å²) in [5.41, 5.74) is 1.78. The van der Waals surface area contributed by atoms with Crippen LogP contribution in [0.3, 0.4) is 0 Å². The zero-order valence-electron chi connectivity index (χ0n) is 13.3. The number of carbonyl (C=O) groups excluding carboxylic acids is 1. The molecule has 1 aromatic heterocycles. The molecule has 3 rings (SSSR count). The highest BCUT2D eigenvalue weighted by molar-refractivity contribution is 5.94. The molecule has 1 fully saturated rings. The van der Waals surface area contributed by atoms with Crippen molar-refractivity contribution in [3.63, 3.8) is 0 Å². The van der Waals surface area contributed by atoms with Crippen molar-refractivity contribution < 1.29 is 9.53 Å². The fraction of sp³-hybridized carbons (Fsp3) is 0.353. The minimum atomic E-state index is -0.0186. The van der Waals surface area contributed by atoms with Gasteiger partial charge in [-0.25, -0.2) is 9.97 Å². The first-order valence-corrected chi connectivity index (χ1v) is 7.63. The Morgan fingerprint density at radius 1 is 1.26 bits per heavy atom. The van der Waals surface area contributed by atoms with Crippen molar-refractivity contribution in [2.75, 3.05) is 32.1 Å². The molecule has 0 radical (unpaired) electrons. The number of hydrogen-bond donors (Lipinski definition) is 0. The van der Waals surface area contributed by atoms with Crippen molar-refractivity contribution in [2.24, 2.45) is 0 Å². The molecule has 1 aliphatic heterocycles. The second kappa shape index (κ2) is 6.64. The van der Waals surface area contributed by atoms with Gasteiger partial charge >= 0.3 is 0 Å². The molecule has 2 aromatic rings. The van der Waals surface area contributed by atoms with E-state index in [2.05, 4.69) is 9.97 Å². The van der Waals surface area contributed by atoms with E-state index in [-0.39, 0.29) is 12.0 Å². The zero-order valence-corrected chi connectivity index (χ0v) is 13.3. The molecule has 23 heavy (non-hydrogen) atoms. The zero-order chi connectivity index (χ0) is 16.2. The van der Waals surface area contributed by atoms with Crippen molar-refractivity contribution >= 4 is 11.6 Å². The van der Waals surface area contributed by atoms with Crippen LogP contribution in [0.4, 0.5) is 5.69 Å². The molecule has 0 aliphatic carbocycles. The first-order valence-electron chi connectivity index (χ1n) is 7.63. The molecule has 0 saturated carbocycles. The molecular formula is C17H20N4O2. The first kappa shape index (κ1) is 15.3. The van der Waals surface area contributed by atoms with Gasteiger partial charge in [-0.1, -0.05) is 0 Å². The third-order valence-corrected chi connectivity index (χ3v) is 3.91. The lowest BCUT2D eigenvalue weighted by atomic mass is 10.2. The monoisotopic (exact) mass is 312 g/mol. The van der Waals surface area contributed by atoms with Crippen LogP contribution in [0.25, 0.3) is 0 Å². The fourth-order valence-electron chi connectivity index (χ4n) is 2.61. The molecule has 1 aromatic carbocycles. The van der Waals surface area contributed by atoms with Gasteiger partial charge in [0.15, 0.2) is 0 Å². The summed E-state index contributed by atoms with van der Waals surface area (Å²) in [5.74, 6) is 0.596. The molecule has 0 spiro atoms. The third-order valence-electron chi connectivity index (χ3n) is 3.91. The number of carbonyl (C=O) groups is 1. The number of nitrogens with zero attached hydrogens (tertiary/aromatic N) is 4. The molecule has 1 atom stereocenters. The summed E-state index contributed by atoms with van der Waals surface area (Å²) in [6.07, 6.45) is 3.90. The summed E-state index contributed by atoms with van der Waals surface area (Å²) in [5, 5.41) is 0. The average Bonchev–Trinajstić information content (AvgIpc) is 3.03. The van der Waals surface area contributed by atoms with Crippen LogP contribution in [0.15, 0.2) is 42.9 Å². The molecule has 0 bridgehead atoms. The molecule has 0 N–H and O–H groups in total. The number of hydrogen-bond acceptors (Lipinski definition) is 5. The Morgan fingerprint density at radius 3 is 2.70 bits per heavy atom. The van der Waals surface area contributed by atoms with Crippen LogP contribution in [-0.4, -0.2) is 54.1 Å². The second-order valence-corrected chi connectivity index (χ2v) is 5.77. The second-order valence-electron chi connectivity index (χ2n) is 5.77. The Labute approximate surface area is 135 Å². The van der Waals surface area contributed by atoms with Gasteiger partial charge < -0.3 is 14.5 Å². The summed E-state index contributed by atoms with van der Waals surface area (Å²) in [7, 11) is 3.96. The molecule has 6 heteroatoms. The van der Waals surface area contributed by atoms with E-state index < -0.39 is 0 Å². The largest absolute Gasteiger partial charge is 0.472 e. The average molecular weight is 312 g/mol. The van der Waals surface area contributed by atoms with Crippen LogP contribution in [-0.2, 0) is 0 Å². The Bertz CT molecular complexity index is 658. The smallest absolute Gasteiger partial charge is 0.253 e. The number of ether oxygens (including phenoxy) is 1. The Hall–Kier alpha value is -2.63. The van der Waals surface area contributed by atoms with E-state index in [9.17, 15) is 4.79 Å². The highest BCUT2D eigenvalue weighted by Crippen LogP contribution is 2.19. The summed E-state index contributed by atoms with van der Waals surface area (Å²) in [4.78, 5) is 24.3. The molecule has 120 valence electrons. The van der Waals surface area contributed by atoms with Crippen LogP contribution in [0.5, 0.6) is 5.88 Å². The van der Waals surface area contributed by atoms with E-state index in [4.69, 9.17) is 4.74 Å². The topological polar surface area (TPSA) is 58.6 Å². The maximum atomic E-state index is 12.6. The van der Waals surface area contributed by atoms with Gasteiger partial charge in [-0.2, -0.15) is 0 Å². The van der Waals surface area contributed by atoms with E-state index in [0.29, 0.717) is 24.5 Å². The van der Waals surface area contributed by atoms with Crippen LogP contribution in [0.2, 0.25) is 0 Å². The van der Waals surface area contributed by atoms with Crippen LogP contribution in [0, 0.1) is 0 Å². The van der Waals surface area contributed by atoms with E-state index in [0.717, 1.165) is 12.1 Å². The number of rotatable bonds is 4. The number of anilines is 1. The van der Waals surface area contributed by atoms with Crippen molar-refractivity contribution in [3.05, 3.63) is 48.4 Å². The summed E-state index contributed by atoms with van der Waals surface area (Å²) in [6, 6.07) is 9.38. The van der Waals surface area contributed by atoms with Crippen molar-refractivity contribution in [3.8, 4) is 5.88 Å². The van der Waals surface area contributed by atoms with Crippen molar-refractivity contribution in [2.45, 2.75) is 12.5 Å². The van der Waals surface area contributed by atoms with Crippen LogP contribution >= 0.6 is 0 Å². The molecule has 1 amide bonds. The van der Waals surface area contributed by atoms with Gasteiger partial charge in [0.1, 0.15) is 12.4 Å². The lowest BCUT2D eigenvalue weighted by molar-refractivity contribution is 0.0771. The quantitative estimate of drug-likeness (QED) is 0.862. The van der Waals surface area contributed by atoms with Crippen LogP contribution < -0.4 is 9.64 Å². The number of amides is 1. The van der Waals surface area contributed by atoms with Crippen molar-refractivity contribution in [1.82, 2.24) is 14.9 Å². The molecule has 1 unspecified atom stereocenters. The Morgan fingerprint density at radius 2 is 2.04 bits per heavy atom. The summed E-state index contributed by atoms with van der Waals surface area (Å²) >= 11 is 0. The van der Waals surface area contributed by atoms with Gasteiger partial charge in [0.25, 0.3) is 5.91 Å². The lowest BCUT2D eigenvalue weighted by Crippen LogP contribution is -2.31. The SMILES string of the molecule is CN(C)c1ccc(C(=O)N2CCC(Oc3ccncn3)C2)cc1. The van der Waals surface area contributed by atoms with Gasteiger partial charge in [-0.05, 0) is 24.3 Å². The number of likely N-dealkylation sites (tertiary alicyclic amines) is 1. The van der Waals surface area contributed by atoms with Crippen LogP contribution in [0.1, 0.15) is 16.8 Å². The molecular weight excluding hydrogens is 292 g/mol. The maximum absolute atomic E-state index is 12.6. The highest BCUT2D eigenvalue weighted by Gasteiger charge is 2.28. The minimum Gasteiger partial charge on any atom is -0.472 e. The fourth-order valence-corrected chi connectivity index (χ4v) is 2.61. The molecule has 1 aliphatic rings. The predicted octanol–water partition coefficient (Wildman–Crippen LogP) is 1.84. The van der Waals surface area contributed by atoms with Crippen molar-refractivity contribution in [1.29, 1.82) is 0 Å². The van der Waals surface area contributed by atoms with Gasteiger partial charge in [0, 0.05) is 50.6 Å². The highest BCUT2D eigenvalue weighted by atomic mass is 16.5. The lowest BCUT2D eigenvalue weighted by Gasteiger charge is -2.18. The van der Waals surface area contributed by atoms with Gasteiger partial charge in [0.05, 0.1) is 6.54 Å². The Balaban J connectivity index is 1.61. The molecule has 6 nitrogen and oxygen atoms in total. The minimum absolute atomic E-state index is 0.0186. The first-order chi connectivity index (χ1) is 11.1. The predicted molar refractivity (Wildman–Crippen MR) is 87.7 cm³/mol. The van der Waals surface area contributed by atoms with Gasteiger partial charge in [-0.3, -0.25) is 4.79 Å². The van der Waals surface area contributed by atoms with Gasteiger partial charge in [0.2, 0.25) is 5.88 Å². The molecule has 1 saturated heterocycles. The molecule has 2 heterocycles. The number of benzene rings is 1. The van der Waals surface area contributed by atoms with E-state index in [1.165, 1.54) is 6.33 Å². The number of aromatic nitrogens is 2. The standard InChI is InChI=1S/C17H20N4O2/c1-20(2)14-5-3-13(4-6-14)17(22)21-10-8-15(11-21)23-16-7-9-18-12-19-16/h3-7,9,12,15H,8,10-11H2,1-2H3. The van der Waals surface area contributed by atoms with E-state index in [1.807, 2.05) is 48.2 Å². The summed E-state index contributed by atoms with van der Waals surface area (Å²) < 4.78 is 5.79. The van der Waals surface area contributed by atoms with Gasteiger partial charge in [-0.15, -0.1) is 0 Å². The van der Waals surface area contributed by atoms with E-state index in [1.54, 1.807) is 12.3 Å². The maximum Gasteiger partial charge on any atom is 0.253 e. The Kier molecular flexibility index (Phi) is 4.41. The third kappa shape index (κ3) is 3.59. The summed E-state index contributed by atoms with van der Waals surface area (Å²) in [6.45, 7) is 1.28. The normalized spacial score (nSPS) is 17.1.